The highest BCUT2D eigenvalue weighted by Gasteiger charge is 2.26. The van der Waals surface area contributed by atoms with Gasteiger partial charge in [0.2, 0.25) is 10.0 Å². The van der Waals surface area contributed by atoms with Crippen LogP contribution in [0, 0.1) is 0 Å². The third-order valence-corrected chi connectivity index (χ3v) is 4.76. The van der Waals surface area contributed by atoms with E-state index >= 15 is 0 Å². The number of aryl methyl sites for hydroxylation is 1. The first-order chi connectivity index (χ1) is 9.73. The van der Waals surface area contributed by atoms with E-state index < -0.39 is 16.1 Å². The Hall–Kier alpha value is -1.42. The fraction of sp³-hybridized carbons (Fsp3) is 0.583. The number of carbonyl (C=O) groups excluding carboxylic acids is 1. The molecule has 1 aromatic heterocycles. The van der Waals surface area contributed by atoms with Gasteiger partial charge in [-0.2, -0.15) is 4.31 Å². The minimum absolute atomic E-state index is 0.00397. The molecule has 1 aromatic rings. The summed E-state index contributed by atoms with van der Waals surface area (Å²) in [7, 11) is 2.06. The Kier molecular flexibility index (Phi) is 5.90. The lowest BCUT2D eigenvalue weighted by molar-refractivity contribution is 0.0554. The van der Waals surface area contributed by atoms with Crippen LogP contribution in [0.4, 0.5) is 0 Å². The van der Waals surface area contributed by atoms with Gasteiger partial charge in [0.1, 0.15) is 10.6 Å². The van der Waals surface area contributed by atoms with Crippen LogP contribution in [0.3, 0.4) is 0 Å². The van der Waals surface area contributed by atoms with Gasteiger partial charge < -0.3 is 19.7 Å². The quantitative estimate of drug-likeness (QED) is 0.672. The van der Waals surface area contributed by atoms with Crippen molar-refractivity contribution in [1.82, 2.24) is 14.2 Å². The number of methoxy groups -OCH3 is 1. The van der Waals surface area contributed by atoms with Crippen molar-refractivity contribution in [3.63, 3.8) is 0 Å². The Morgan fingerprint density at radius 2 is 2.19 bits per heavy atom. The summed E-state index contributed by atoms with van der Waals surface area (Å²) >= 11 is 0. The van der Waals surface area contributed by atoms with Crippen LogP contribution < -0.4 is 5.32 Å². The number of hydrogen-bond donors (Lipinski definition) is 2. The molecule has 21 heavy (non-hydrogen) atoms. The lowest BCUT2D eigenvalue weighted by Gasteiger charge is -2.19. The van der Waals surface area contributed by atoms with E-state index in [9.17, 15) is 18.3 Å². The molecule has 0 saturated carbocycles. The van der Waals surface area contributed by atoms with Gasteiger partial charge in [-0.3, -0.25) is 4.79 Å². The van der Waals surface area contributed by atoms with E-state index in [1.807, 2.05) is 0 Å². The van der Waals surface area contributed by atoms with E-state index in [-0.39, 0.29) is 29.6 Å². The van der Waals surface area contributed by atoms with Crippen LogP contribution in [0.2, 0.25) is 0 Å². The molecule has 0 aliphatic carbocycles. The van der Waals surface area contributed by atoms with Gasteiger partial charge >= 0.3 is 0 Å². The summed E-state index contributed by atoms with van der Waals surface area (Å²) in [5.41, 5.74) is 0.238. The lowest BCUT2D eigenvalue weighted by atomic mass is 10.4. The first-order valence-electron chi connectivity index (χ1n) is 6.25. The maximum absolute atomic E-state index is 12.4. The summed E-state index contributed by atoms with van der Waals surface area (Å²) in [6.07, 6.45) is 0.441. The number of aliphatic hydroxyl groups is 1. The molecule has 0 aliphatic heterocycles. The Bertz CT molecular complexity index is 596. The number of nitrogens with one attached hydrogen (secondary N) is 1. The number of aliphatic hydroxyl groups excluding tert-OH is 1. The van der Waals surface area contributed by atoms with Crippen LogP contribution in [0.5, 0.6) is 0 Å². The van der Waals surface area contributed by atoms with E-state index in [1.165, 1.54) is 38.0 Å². The van der Waals surface area contributed by atoms with E-state index in [0.29, 0.717) is 0 Å². The predicted octanol–water partition coefficient (Wildman–Crippen LogP) is -0.987. The fourth-order valence-electron chi connectivity index (χ4n) is 1.85. The summed E-state index contributed by atoms with van der Waals surface area (Å²) in [5.74, 6) is -0.374. The van der Waals surface area contributed by atoms with E-state index in [4.69, 9.17) is 4.74 Å². The van der Waals surface area contributed by atoms with E-state index in [2.05, 4.69) is 5.32 Å². The maximum atomic E-state index is 12.4. The highest BCUT2D eigenvalue weighted by atomic mass is 32.2. The number of hydrogen-bond acceptors (Lipinski definition) is 5. The van der Waals surface area contributed by atoms with Crippen LogP contribution in [-0.2, 0) is 21.8 Å². The molecule has 2 N–H and O–H groups in total. The molecule has 0 aromatic carbocycles. The number of ether oxygens (including phenoxy) is 1. The van der Waals surface area contributed by atoms with Crippen molar-refractivity contribution in [3.05, 3.63) is 18.0 Å². The summed E-state index contributed by atoms with van der Waals surface area (Å²) in [6, 6.07) is 1.30. The molecule has 1 atom stereocenters. The van der Waals surface area contributed by atoms with Crippen molar-refractivity contribution >= 4 is 15.9 Å². The minimum atomic E-state index is -3.78. The first-order valence-corrected chi connectivity index (χ1v) is 7.69. The average Bonchev–Trinajstić information content (AvgIpc) is 2.80. The van der Waals surface area contributed by atoms with Gasteiger partial charge in [0.15, 0.2) is 0 Å². The molecule has 1 heterocycles. The fourth-order valence-corrected chi connectivity index (χ4v) is 3.13. The standard InChI is InChI=1S/C12H21N3O5S/c1-13-12(17)11-5-10(7-14(11)2)21(18,19)15(3)6-9(16)8-20-4/h5,7,9,16H,6,8H2,1-4H3,(H,13,17). The van der Waals surface area contributed by atoms with Crippen LogP contribution in [0.15, 0.2) is 17.2 Å². The molecule has 0 radical (unpaired) electrons. The van der Waals surface area contributed by atoms with Crippen molar-refractivity contribution in [2.24, 2.45) is 7.05 Å². The highest BCUT2D eigenvalue weighted by molar-refractivity contribution is 7.89. The van der Waals surface area contributed by atoms with Crippen LogP contribution in [0.25, 0.3) is 0 Å². The number of nitrogens with zero attached hydrogens (tertiary/aromatic N) is 2. The van der Waals surface area contributed by atoms with Gasteiger partial charge in [-0.1, -0.05) is 0 Å². The van der Waals surface area contributed by atoms with Crippen molar-refractivity contribution in [3.8, 4) is 0 Å². The van der Waals surface area contributed by atoms with Gasteiger partial charge in [-0.15, -0.1) is 0 Å². The zero-order chi connectivity index (χ0) is 16.2. The Labute approximate surface area is 124 Å². The molecule has 1 rings (SSSR count). The molecular formula is C12H21N3O5S. The van der Waals surface area contributed by atoms with Crippen LogP contribution in [-0.4, -0.2) is 68.8 Å². The summed E-state index contributed by atoms with van der Waals surface area (Å²) in [6.45, 7) is -0.0570. The van der Waals surface area contributed by atoms with Crippen molar-refractivity contribution in [2.75, 3.05) is 34.4 Å². The molecule has 0 spiro atoms. The number of likely N-dealkylation sites (N-methyl/N-ethyl adjacent to an activating group) is 1. The number of carbonyl (C=O) groups is 1. The van der Waals surface area contributed by atoms with Gasteiger partial charge in [-0.25, -0.2) is 8.42 Å². The van der Waals surface area contributed by atoms with Gasteiger partial charge in [-0.05, 0) is 6.07 Å². The number of rotatable bonds is 7. The predicted molar refractivity (Wildman–Crippen MR) is 76.5 cm³/mol. The van der Waals surface area contributed by atoms with Crippen LogP contribution in [0.1, 0.15) is 10.5 Å². The zero-order valence-electron chi connectivity index (χ0n) is 12.5. The SMILES string of the molecule is CNC(=O)c1cc(S(=O)(=O)N(C)CC(O)COC)cn1C. The summed E-state index contributed by atoms with van der Waals surface area (Å²) in [5, 5.41) is 12.1. The van der Waals surface area contributed by atoms with Crippen molar-refractivity contribution < 1.29 is 23.1 Å². The topological polar surface area (TPSA) is 101 Å². The molecule has 9 heteroatoms. The molecule has 1 amide bonds. The van der Waals surface area contributed by atoms with E-state index in [0.717, 1.165) is 4.31 Å². The molecular weight excluding hydrogens is 298 g/mol. The van der Waals surface area contributed by atoms with Crippen molar-refractivity contribution in [1.29, 1.82) is 0 Å². The summed E-state index contributed by atoms with van der Waals surface area (Å²) in [4.78, 5) is 11.6. The molecule has 0 aliphatic rings. The second-order valence-corrected chi connectivity index (χ2v) is 6.69. The Balaban J connectivity index is 3.00. The smallest absolute Gasteiger partial charge is 0.267 e. The number of amides is 1. The van der Waals surface area contributed by atoms with Gasteiger partial charge in [0.25, 0.3) is 5.91 Å². The summed E-state index contributed by atoms with van der Waals surface area (Å²) < 4.78 is 32.0. The van der Waals surface area contributed by atoms with E-state index in [1.54, 1.807) is 7.05 Å². The third kappa shape index (κ3) is 4.03. The molecule has 0 saturated heterocycles. The lowest BCUT2D eigenvalue weighted by Crippen LogP contribution is -2.36. The molecule has 8 nitrogen and oxygen atoms in total. The minimum Gasteiger partial charge on any atom is -0.389 e. The Morgan fingerprint density at radius 1 is 1.57 bits per heavy atom. The molecule has 120 valence electrons. The van der Waals surface area contributed by atoms with Crippen LogP contribution >= 0.6 is 0 Å². The first kappa shape index (κ1) is 17.6. The monoisotopic (exact) mass is 319 g/mol. The second kappa shape index (κ2) is 7.03. The normalized spacial score (nSPS) is 13.4. The van der Waals surface area contributed by atoms with Gasteiger partial charge in [0.05, 0.1) is 12.7 Å². The zero-order valence-corrected chi connectivity index (χ0v) is 13.3. The molecule has 0 fully saturated rings. The van der Waals surface area contributed by atoms with Crippen molar-refractivity contribution in [2.45, 2.75) is 11.0 Å². The molecule has 1 unspecified atom stereocenters. The average molecular weight is 319 g/mol. The van der Waals surface area contributed by atoms with Gasteiger partial charge in [0, 0.05) is 41.0 Å². The number of sulfonamides is 1. The second-order valence-electron chi connectivity index (χ2n) is 4.65. The maximum Gasteiger partial charge on any atom is 0.267 e. The Morgan fingerprint density at radius 3 is 2.71 bits per heavy atom. The largest absolute Gasteiger partial charge is 0.389 e. The number of aromatic nitrogens is 1. The molecule has 0 bridgehead atoms. The third-order valence-electron chi connectivity index (χ3n) is 2.97. The highest BCUT2D eigenvalue weighted by Crippen LogP contribution is 2.17.